The highest BCUT2D eigenvalue weighted by Gasteiger charge is 2.29. The second-order valence-electron chi connectivity index (χ2n) is 4.96. The summed E-state index contributed by atoms with van der Waals surface area (Å²) in [5, 5.41) is 12.3. The Bertz CT molecular complexity index is 477. The highest BCUT2D eigenvalue weighted by Crippen LogP contribution is 2.27. The standard InChI is InChI=1S/C14H20ClN3O2/c1-16-13-12(15)8-10(9-17-13)14(20)18(6-3-7-19)11-4-2-5-11/h8-9,11,19H,2-7H2,1H3,(H,16,17). The zero-order valence-corrected chi connectivity index (χ0v) is 12.4. The molecule has 20 heavy (non-hydrogen) atoms. The van der Waals surface area contributed by atoms with Crippen LogP contribution in [-0.4, -0.2) is 47.1 Å². The zero-order chi connectivity index (χ0) is 14.5. The van der Waals surface area contributed by atoms with Gasteiger partial charge < -0.3 is 15.3 Å². The predicted molar refractivity (Wildman–Crippen MR) is 79.2 cm³/mol. The van der Waals surface area contributed by atoms with Crippen LogP contribution in [0.1, 0.15) is 36.0 Å². The molecule has 5 nitrogen and oxygen atoms in total. The fourth-order valence-electron chi connectivity index (χ4n) is 2.29. The number of carbonyl (C=O) groups is 1. The number of aliphatic hydroxyl groups is 1. The van der Waals surface area contributed by atoms with E-state index in [1.165, 1.54) is 0 Å². The molecule has 1 aromatic heterocycles. The van der Waals surface area contributed by atoms with Gasteiger partial charge in [0.15, 0.2) is 0 Å². The number of aromatic nitrogens is 1. The quantitative estimate of drug-likeness (QED) is 0.844. The lowest BCUT2D eigenvalue weighted by molar-refractivity contribution is 0.0562. The van der Waals surface area contributed by atoms with E-state index in [0.717, 1.165) is 19.3 Å². The number of amides is 1. The van der Waals surface area contributed by atoms with E-state index in [2.05, 4.69) is 10.3 Å². The Kier molecular flexibility index (Phi) is 5.20. The first-order chi connectivity index (χ1) is 9.67. The van der Waals surface area contributed by atoms with Gasteiger partial charge in [-0.25, -0.2) is 4.98 Å². The number of rotatable bonds is 6. The second-order valence-corrected chi connectivity index (χ2v) is 5.37. The number of anilines is 1. The highest BCUT2D eigenvalue weighted by atomic mass is 35.5. The minimum atomic E-state index is -0.0554. The molecule has 6 heteroatoms. The first-order valence-corrected chi connectivity index (χ1v) is 7.30. The van der Waals surface area contributed by atoms with E-state index in [1.54, 1.807) is 19.3 Å². The Hall–Kier alpha value is -1.33. The Morgan fingerprint density at radius 3 is 2.85 bits per heavy atom. The van der Waals surface area contributed by atoms with Gasteiger partial charge in [0.05, 0.1) is 10.6 Å². The fourth-order valence-corrected chi connectivity index (χ4v) is 2.55. The minimum absolute atomic E-state index is 0.0554. The van der Waals surface area contributed by atoms with Crippen molar-refractivity contribution < 1.29 is 9.90 Å². The van der Waals surface area contributed by atoms with Crippen molar-refractivity contribution in [3.63, 3.8) is 0 Å². The third-order valence-electron chi connectivity index (χ3n) is 3.66. The zero-order valence-electron chi connectivity index (χ0n) is 11.6. The van der Waals surface area contributed by atoms with Gasteiger partial charge in [-0.2, -0.15) is 0 Å². The molecule has 2 N–H and O–H groups in total. The molecule has 0 saturated heterocycles. The summed E-state index contributed by atoms with van der Waals surface area (Å²) in [6.07, 6.45) is 5.37. The Labute approximate surface area is 123 Å². The maximum absolute atomic E-state index is 12.6. The van der Waals surface area contributed by atoms with Gasteiger partial charge in [-0.15, -0.1) is 0 Å². The van der Waals surface area contributed by atoms with Gasteiger partial charge in [0.25, 0.3) is 5.91 Å². The molecule has 1 saturated carbocycles. The van der Waals surface area contributed by atoms with Crippen molar-refractivity contribution in [3.8, 4) is 0 Å². The van der Waals surface area contributed by atoms with E-state index in [-0.39, 0.29) is 18.6 Å². The van der Waals surface area contributed by atoms with Crippen molar-refractivity contribution in [2.24, 2.45) is 0 Å². The van der Waals surface area contributed by atoms with Crippen LogP contribution in [0.15, 0.2) is 12.3 Å². The third-order valence-corrected chi connectivity index (χ3v) is 3.95. The average molecular weight is 298 g/mol. The van der Waals surface area contributed by atoms with Crippen molar-refractivity contribution in [1.82, 2.24) is 9.88 Å². The topological polar surface area (TPSA) is 65.5 Å². The van der Waals surface area contributed by atoms with Crippen LogP contribution >= 0.6 is 11.6 Å². The summed E-state index contributed by atoms with van der Waals surface area (Å²) in [5.41, 5.74) is 0.499. The summed E-state index contributed by atoms with van der Waals surface area (Å²) >= 11 is 6.07. The molecule has 0 unspecified atom stereocenters. The van der Waals surface area contributed by atoms with Crippen molar-refractivity contribution in [3.05, 3.63) is 22.8 Å². The maximum atomic E-state index is 12.6. The smallest absolute Gasteiger partial charge is 0.255 e. The molecule has 0 bridgehead atoms. The van der Waals surface area contributed by atoms with E-state index >= 15 is 0 Å². The van der Waals surface area contributed by atoms with Crippen molar-refractivity contribution in [2.45, 2.75) is 31.7 Å². The number of carbonyl (C=O) groups excluding carboxylic acids is 1. The van der Waals surface area contributed by atoms with Crippen LogP contribution in [-0.2, 0) is 0 Å². The fraction of sp³-hybridized carbons (Fsp3) is 0.571. The van der Waals surface area contributed by atoms with Crippen LogP contribution in [0.25, 0.3) is 0 Å². The first-order valence-electron chi connectivity index (χ1n) is 6.92. The van der Waals surface area contributed by atoms with E-state index in [1.807, 2.05) is 4.90 Å². The average Bonchev–Trinajstić information content (AvgIpc) is 2.40. The molecule has 0 radical (unpaired) electrons. The molecule has 1 fully saturated rings. The molecule has 1 aliphatic rings. The summed E-state index contributed by atoms with van der Waals surface area (Å²) in [6, 6.07) is 1.93. The molecule has 0 atom stereocenters. The summed E-state index contributed by atoms with van der Waals surface area (Å²) in [6.45, 7) is 0.666. The normalized spacial score (nSPS) is 14.8. The SMILES string of the molecule is CNc1ncc(C(=O)N(CCCO)C2CCC2)cc1Cl. The summed E-state index contributed by atoms with van der Waals surface area (Å²) in [5.74, 6) is 0.508. The minimum Gasteiger partial charge on any atom is -0.396 e. The lowest BCUT2D eigenvalue weighted by Gasteiger charge is -2.37. The van der Waals surface area contributed by atoms with E-state index in [4.69, 9.17) is 16.7 Å². The Morgan fingerprint density at radius 2 is 2.35 bits per heavy atom. The van der Waals surface area contributed by atoms with Gasteiger partial charge in [-0.3, -0.25) is 4.79 Å². The Morgan fingerprint density at radius 1 is 1.60 bits per heavy atom. The van der Waals surface area contributed by atoms with Crippen LogP contribution in [0, 0.1) is 0 Å². The number of hydrogen-bond acceptors (Lipinski definition) is 4. The Balaban J connectivity index is 2.15. The molecule has 1 amide bonds. The summed E-state index contributed by atoms with van der Waals surface area (Å²) < 4.78 is 0. The number of aliphatic hydroxyl groups excluding tert-OH is 1. The molecular weight excluding hydrogens is 278 g/mol. The molecule has 1 aliphatic carbocycles. The molecule has 0 spiro atoms. The number of nitrogens with zero attached hydrogens (tertiary/aromatic N) is 2. The second kappa shape index (κ2) is 6.90. The van der Waals surface area contributed by atoms with Crippen molar-refractivity contribution in [1.29, 1.82) is 0 Å². The number of nitrogens with one attached hydrogen (secondary N) is 1. The molecule has 0 aromatic carbocycles. The third kappa shape index (κ3) is 3.22. The largest absolute Gasteiger partial charge is 0.396 e. The van der Waals surface area contributed by atoms with Crippen LogP contribution < -0.4 is 5.32 Å². The summed E-state index contributed by atoms with van der Waals surface area (Å²) in [7, 11) is 1.73. The molecule has 110 valence electrons. The molecular formula is C14H20ClN3O2. The van der Waals surface area contributed by atoms with E-state index in [9.17, 15) is 4.79 Å². The van der Waals surface area contributed by atoms with E-state index in [0.29, 0.717) is 29.4 Å². The summed E-state index contributed by atoms with van der Waals surface area (Å²) in [4.78, 5) is 18.5. The molecule has 1 heterocycles. The first kappa shape index (κ1) is 15.1. The molecule has 2 rings (SSSR count). The van der Waals surface area contributed by atoms with Crippen LogP contribution in [0.4, 0.5) is 5.82 Å². The van der Waals surface area contributed by atoms with Gasteiger partial charge >= 0.3 is 0 Å². The van der Waals surface area contributed by atoms with Gasteiger partial charge in [0, 0.05) is 32.4 Å². The van der Waals surface area contributed by atoms with Crippen LogP contribution in [0.5, 0.6) is 0 Å². The number of halogens is 1. The highest BCUT2D eigenvalue weighted by molar-refractivity contribution is 6.33. The van der Waals surface area contributed by atoms with Crippen LogP contribution in [0.2, 0.25) is 5.02 Å². The van der Waals surface area contributed by atoms with Gasteiger partial charge in [-0.1, -0.05) is 11.6 Å². The van der Waals surface area contributed by atoms with Crippen molar-refractivity contribution >= 4 is 23.3 Å². The van der Waals surface area contributed by atoms with Gasteiger partial charge in [0.1, 0.15) is 5.82 Å². The monoisotopic (exact) mass is 297 g/mol. The predicted octanol–water partition coefficient (Wildman–Crippen LogP) is 2.15. The van der Waals surface area contributed by atoms with Gasteiger partial charge in [-0.05, 0) is 31.7 Å². The molecule has 0 aliphatic heterocycles. The van der Waals surface area contributed by atoms with Crippen LogP contribution in [0.3, 0.4) is 0 Å². The lowest BCUT2D eigenvalue weighted by Crippen LogP contribution is -2.45. The van der Waals surface area contributed by atoms with E-state index < -0.39 is 0 Å². The molecule has 1 aromatic rings. The maximum Gasteiger partial charge on any atom is 0.255 e. The number of pyridine rings is 1. The lowest BCUT2D eigenvalue weighted by atomic mass is 9.91. The number of hydrogen-bond donors (Lipinski definition) is 2. The van der Waals surface area contributed by atoms with Gasteiger partial charge in [0.2, 0.25) is 0 Å². The van der Waals surface area contributed by atoms with Crippen molar-refractivity contribution in [2.75, 3.05) is 25.5 Å².